The van der Waals surface area contributed by atoms with Gasteiger partial charge in [0, 0.05) is 32.6 Å². The van der Waals surface area contributed by atoms with Gasteiger partial charge in [0.15, 0.2) is 0 Å². The molecule has 2 heterocycles. The predicted molar refractivity (Wildman–Crippen MR) is 81.1 cm³/mol. The Kier molecular flexibility index (Phi) is 4.45. The lowest BCUT2D eigenvalue weighted by atomic mass is 10.2. The van der Waals surface area contributed by atoms with Gasteiger partial charge in [-0.3, -0.25) is 4.90 Å². The first-order valence-corrected chi connectivity index (χ1v) is 7.15. The van der Waals surface area contributed by atoms with E-state index in [9.17, 15) is 0 Å². The molecule has 0 amide bonds. The first-order chi connectivity index (χ1) is 10.8. The number of methoxy groups -OCH3 is 1. The van der Waals surface area contributed by atoms with Gasteiger partial charge < -0.3 is 9.30 Å². The summed E-state index contributed by atoms with van der Waals surface area (Å²) in [5.41, 5.74) is 2.73. The van der Waals surface area contributed by atoms with E-state index < -0.39 is 0 Å². The van der Waals surface area contributed by atoms with Gasteiger partial charge in [-0.25, -0.2) is 9.61 Å². The van der Waals surface area contributed by atoms with Crippen LogP contribution in [0.1, 0.15) is 11.4 Å². The van der Waals surface area contributed by atoms with E-state index in [1.807, 2.05) is 30.6 Å². The molecule has 7 nitrogen and oxygen atoms in total. The van der Waals surface area contributed by atoms with Gasteiger partial charge >= 0.3 is 0 Å². The molecule has 0 unspecified atom stereocenters. The number of aromatic nitrogens is 4. The van der Waals surface area contributed by atoms with Gasteiger partial charge in [0.1, 0.15) is 16.9 Å². The Morgan fingerprint density at radius 1 is 1.23 bits per heavy atom. The van der Waals surface area contributed by atoms with Crippen molar-refractivity contribution >= 4 is 11.0 Å². The molecule has 0 radical (unpaired) electrons. The second-order valence-electron chi connectivity index (χ2n) is 5.29. The maximum absolute atomic E-state index is 5.12. The topological polar surface area (TPSA) is 69.2 Å². The molecule has 0 atom stereocenters. The molecule has 3 rings (SSSR count). The largest absolute Gasteiger partial charge is 0.383 e. The molecule has 7 heteroatoms. The SMILES string of the molecule is COCCn1ccnc1CN(C)Cc1ccc2nonc2c1. The highest BCUT2D eigenvalue weighted by Crippen LogP contribution is 2.14. The fourth-order valence-corrected chi connectivity index (χ4v) is 2.42. The third-order valence-electron chi connectivity index (χ3n) is 3.52. The number of benzene rings is 1. The van der Waals surface area contributed by atoms with Crippen LogP contribution >= 0.6 is 0 Å². The maximum Gasteiger partial charge on any atom is 0.135 e. The van der Waals surface area contributed by atoms with Crippen LogP contribution in [0.15, 0.2) is 35.2 Å². The fraction of sp³-hybridized carbons (Fsp3) is 0.400. The van der Waals surface area contributed by atoms with Crippen LogP contribution in [0.4, 0.5) is 0 Å². The minimum absolute atomic E-state index is 0.683. The summed E-state index contributed by atoms with van der Waals surface area (Å²) in [7, 11) is 3.78. The Morgan fingerprint density at radius 2 is 2.09 bits per heavy atom. The lowest BCUT2D eigenvalue weighted by molar-refractivity contribution is 0.184. The summed E-state index contributed by atoms with van der Waals surface area (Å²) in [5.74, 6) is 1.03. The molecule has 116 valence electrons. The molecule has 0 spiro atoms. The van der Waals surface area contributed by atoms with Crippen molar-refractivity contribution in [3.05, 3.63) is 42.0 Å². The van der Waals surface area contributed by atoms with Crippen molar-refractivity contribution in [2.24, 2.45) is 0 Å². The molecule has 0 aliphatic carbocycles. The lowest BCUT2D eigenvalue weighted by Crippen LogP contribution is -2.20. The van der Waals surface area contributed by atoms with Crippen LogP contribution in [-0.4, -0.2) is 45.5 Å². The van der Waals surface area contributed by atoms with Gasteiger partial charge in [0.25, 0.3) is 0 Å². The highest BCUT2D eigenvalue weighted by molar-refractivity contribution is 5.73. The number of rotatable bonds is 7. The second kappa shape index (κ2) is 6.67. The van der Waals surface area contributed by atoms with E-state index in [0.29, 0.717) is 6.61 Å². The van der Waals surface area contributed by atoms with Crippen LogP contribution in [0, 0.1) is 0 Å². The van der Waals surface area contributed by atoms with Gasteiger partial charge in [0.05, 0.1) is 13.2 Å². The molecule has 0 aliphatic heterocycles. The molecule has 3 aromatic rings. The highest BCUT2D eigenvalue weighted by Gasteiger charge is 2.08. The Morgan fingerprint density at radius 3 is 2.95 bits per heavy atom. The summed E-state index contributed by atoms with van der Waals surface area (Å²) in [4.78, 5) is 6.63. The van der Waals surface area contributed by atoms with Crippen molar-refractivity contribution in [2.45, 2.75) is 19.6 Å². The maximum atomic E-state index is 5.12. The van der Waals surface area contributed by atoms with Gasteiger partial charge in [-0.1, -0.05) is 6.07 Å². The molecule has 0 N–H and O–H groups in total. The Labute approximate surface area is 128 Å². The van der Waals surface area contributed by atoms with Gasteiger partial charge in [0.2, 0.25) is 0 Å². The van der Waals surface area contributed by atoms with E-state index in [4.69, 9.17) is 9.37 Å². The molecule has 0 bridgehead atoms. The quantitative estimate of drug-likeness (QED) is 0.661. The Hall–Kier alpha value is -2.25. The molecule has 2 aromatic heterocycles. The first kappa shape index (κ1) is 14.7. The molecule has 22 heavy (non-hydrogen) atoms. The number of hydrogen-bond donors (Lipinski definition) is 0. The standard InChI is InChI=1S/C15H19N5O2/c1-19(11-15-16-5-6-20(15)7-8-21-2)10-12-3-4-13-14(9-12)18-22-17-13/h3-6,9H,7-8,10-11H2,1-2H3. The van der Waals surface area contributed by atoms with Gasteiger partial charge in [-0.15, -0.1) is 0 Å². The van der Waals surface area contributed by atoms with E-state index in [1.165, 1.54) is 5.56 Å². The molecular formula is C15H19N5O2. The Balaban J connectivity index is 1.64. The number of fused-ring (bicyclic) bond motifs is 1. The molecule has 0 saturated carbocycles. The fourth-order valence-electron chi connectivity index (χ4n) is 2.42. The van der Waals surface area contributed by atoms with Crippen LogP contribution in [0.25, 0.3) is 11.0 Å². The van der Waals surface area contributed by atoms with Crippen molar-refractivity contribution in [2.75, 3.05) is 20.8 Å². The van der Waals surface area contributed by atoms with Crippen LogP contribution in [0.3, 0.4) is 0 Å². The van der Waals surface area contributed by atoms with E-state index >= 15 is 0 Å². The zero-order valence-electron chi connectivity index (χ0n) is 12.8. The summed E-state index contributed by atoms with van der Waals surface area (Å²) >= 11 is 0. The number of hydrogen-bond acceptors (Lipinski definition) is 6. The summed E-state index contributed by atoms with van der Waals surface area (Å²) in [6.07, 6.45) is 3.81. The number of nitrogens with zero attached hydrogens (tertiary/aromatic N) is 5. The number of imidazole rings is 1. The predicted octanol–water partition coefficient (Wildman–Crippen LogP) is 1.70. The normalized spacial score (nSPS) is 11.6. The number of ether oxygens (including phenoxy) is 1. The van der Waals surface area contributed by atoms with Crippen molar-refractivity contribution < 1.29 is 9.37 Å². The van der Waals surface area contributed by atoms with Gasteiger partial charge in [-0.05, 0) is 35.1 Å². The average molecular weight is 301 g/mol. The van der Waals surface area contributed by atoms with Gasteiger partial charge in [-0.2, -0.15) is 0 Å². The van der Waals surface area contributed by atoms with Crippen molar-refractivity contribution in [1.29, 1.82) is 0 Å². The molecule has 1 aromatic carbocycles. The minimum Gasteiger partial charge on any atom is -0.383 e. The van der Waals surface area contributed by atoms with Crippen LogP contribution < -0.4 is 0 Å². The third-order valence-corrected chi connectivity index (χ3v) is 3.52. The zero-order valence-corrected chi connectivity index (χ0v) is 12.8. The zero-order chi connectivity index (χ0) is 15.4. The van der Waals surface area contributed by atoms with E-state index in [-0.39, 0.29) is 0 Å². The second-order valence-corrected chi connectivity index (χ2v) is 5.29. The van der Waals surface area contributed by atoms with E-state index in [0.717, 1.165) is 36.5 Å². The molecule has 0 aliphatic rings. The average Bonchev–Trinajstić information content (AvgIpc) is 3.13. The molecule has 0 saturated heterocycles. The summed E-state index contributed by atoms with van der Waals surface area (Å²) in [6.45, 7) is 3.07. The monoisotopic (exact) mass is 301 g/mol. The smallest absolute Gasteiger partial charge is 0.135 e. The summed E-state index contributed by atoms with van der Waals surface area (Å²) < 4.78 is 12.0. The highest BCUT2D eigenvalue weighted by atomic mass is 16.6. The third kappa shape index (κ3) is 3.32. The van der Waals surface area contributed by atoms with Crippen molar-refractivity contribution in [1.82, 2.24) is 24.8 Å². The van der Waals surface area contributed by atoms with E-state index in [1.54, 1.807) is 7.11 Å². The molecule has 0 fully saturated rings. The van der Waals surface area contributed by atoms with E-state index in [2.05, 4.69) is 31.8 Å². The van der Waals surface area contributed by atoms with Crippen LogP contribution in [-0.2, 0) is 24.4 Å². The Bertz CT molecular complexity index is 736. The first-order valence-electron chi connectivity index (χ1n) is 7.15. The van der Waals surface area contributed by atoms with Crippen molar-refractivity contribution in [3.63, 3.8) is 0 Å². The minimum atomic E-state index is 0.683. The lowest BCUT2D eigenvalue weighted by Gasteiger charge is -2.17. The van der Waals surface area contributed by atoms with Crippen molar-refractivity contribution in [3.8, 4) is 0 Å². The molecular weight excluding hydrogens is 282 g/mol. The van der Waals surface area contributed by atoms with Crippen LogP contribution in [0.5, 0.6) is 0 Å². The summed E-state index contributed by atoms with van der Waals surface area (Å²) in [5, 5.41) is 7.69. The summed E-state index contributed by atoms with van der Waals surface area (Å²) in [6, 6.07) is 5.97. The van der Waals surface area contributed by atoms with Crippen LogP contribution in [0.2, 0.25) is 0 Å².